The fourth-order valence-corrected chi connectivity index (χ4v) is 4.20. The summed E-state index contributed by atoms with van der Waals surface area (Å²) in [4.78, 5) is 18.3. The van der Waals surface area contributed by atoms with Gasteiger partial charge in [0.2, 0.25) is 0 Å². The third kappa shape index (κ3) is 5.04. The Morgan fingerprint density at radius 3 is 2.46 bits per heavy atom. The van der Waals surface area contributed by atoms with Crippen molar-refractivity contribution in [3.8, 4) is 0 Å². The molecule has 2 fully saturated rings. The molecule has 0 aromatic heterocycles. The van der Waals surface area contributed by atoms with Crippen LogP contribution in [0.1, 0.15) is 22.3 Å². The number of hydrogen-bond donors (Lipinski definition) is 2. The summed E-state index contributed by atoms with van der Waals surface area (Å²) in [5.41, 5.74) is 1.45. The first-order valence-electron chi connectivity index (χ1n) is 9.61. The standard InChI is InChI=1S/C20H31N3O3/c1-21-7-2-8-22(10-9-21)12-18-13-23(14-19(18)15-24)11-16-3-5-17(6-4-16)20(25)26/h3-6,18-19,24H,2,7-15H2,1H3,(H,25,26)/t18-,19-/m1/s1. The summed E-state index contributed by atoms with van der Waals surface area (Å²) in [6.45, 7) is 8.58. The molecule has 0 radical (unpaired) electrons. The predicted octanol–water partition coefficient (Wildman–Crippen LogP) is 1.06. The minimum Gasteiger partial charge on any atom is -0.478 e. The quantitative estimate of drug-likeness (QED) is 0.790. The van der Waals surface area contributed by atoms with Crippen molar-refractivity contribution in [3.63, 3.8) is 0 Å². The number of carboxylic acid groups (broad SMARTS) is 1. The number of likely N-dealkylation sites (N-methyl/N-ethyl adjacent to an activating group) is 1. The van der Waals surface area contributed by atoms with Gasteiger partial charge in [-0.25, -0.2) is 4.79 Å². The highest BCUT2D eigenvalue weighted by Crippen LogP contribution is 2.26. The Balaban J connectivity index is 1.55. The Morgan fingerprint density at radius 2 is 1.77 bits per heavy atom. The first-order chi connectivity index (χ1) is 12.5. The largest absolute Gasteiger partial charge is 0.478 e. The molecule has 2 saturated heterocycles. The fourth-order valence-electron chi connectivity index (χ4n) is 4.20. The summed E-state index contributed by atoms with van der Waals surface area (Å²) in [6.07, 6.45) is 1.21. The van der Waals surface area contributed by atoms with E-state index in [4.69, 9.17) is 5.11 Å². The van der Waals surface area contributed by atoms with Gasteiger partial charge in [-0.2, -0.15) is 0 Å². The van der Waals surface area contributed by atoms with E-state index in [0.717, 1.165) is 51.4 Å². The van der Waals surface area contributed by atoms with Gasteiger partial charge in [0, 0.05) is 45.9 Å². The molecule has 0 aliphatic carbocycles. The fraction of sp³-hybridized carbons (Fsp3) is 0.650. The molecule has 1 aromatic rings. The number of nitrogens with zero attached hydrogens (tertiary/aromatic N) is 3. The molecule has 1 aromatic carbocycles. The van der Waals surface area contributed by atoms with Gasteiger partial charge >= 0.3 is 5.97 Å². The average Bonchev–Trinajstić information content (AvgIpc) is 2.88. The topological polar surface area (TPSA) is 67.2 Å². The lowest BCUT2D eigenvalue weighted by atomic mass is 9.96. The Labute approximate surface area is 156 Å². The van der Waals surface area contributed by atoms with E-state index in [9.17, 15) is 9.90 Å². The molecule has 2 aliphatic heterocycles. The van der Waals surface area contributed by atoms with Gasteiger partial charge in [0.15, 0.2) is 0 Å². The van der Waals surface area contributed by atoms with Crippen LogP contribution in [0.5, 0.6) is 0 Å². The Kier molecular flexibility index (Phi) is 6.64. The minimum atomic E-state index is -0.888. The summed E-state index contributed by atoms with van der Waals surface area (Å²) in [6, 6.07) is 7.13. The number of carboxylic acids is 1. The molecule has 6 heteroatoms. The molecule has 2 atom stereocenters. The minimum absolute atomic E-state index is 0.243. The van der Waals surface area contributed by atoms with Gasteiger partial charge < -0.3 is 20.0 Å². The Hall–Kier alpha value is -1.47. The van der Waals surface area contributed by atoms with Crippen LogP contribution >= 0.6 is 0 Å². The number of benzene rings is 1. The van der Waals surface area contributed by atoms with Crippen LogP contribution in [0.4, 0.5) is 0 Å². The van der Waals surface area contributed by atoms with E-state index in [1.54, 1.807) is 12.1 Å². The monoisotopic (exact) mass is 361 g/mol. The lowest BCUT2D eigenvalue weighted by Gasteiger charge is -2.26. The number of aliphatic hydroxyl groups excluding tert-OH is 1. The second-order valence-electron chi connectivity index (χ2n) is 7.86. The van der Waals surface area contributed by atoms with E-state index in [1.807, 2.05) is 12.1 Å². The predicted molar refractivity (Wildman–Crippen MR) is 101 cm³/mol. The van der Waals surface area contributed by atoms with E-state index in [-0.39, 0.29) is 6.61 Å². The SMILES string of the molecule is CN1CCCN(C[C@@H]2CN(Cc3ccc(C(=O)O)cc3)C[C@@H]2CO)CC1. The molecule has 6 nitrogen and oxygen atoms in total. The van der Waals surface area contributed by atoms with Gasteiger partial charge in [0.25, 0.3) is 0 Å². The van der Waals surface area contributed by atoms with Crippen molar-refractivity contribution in [2.24, 2.45) is 11.8 Å². The summed E-state index contributed by atoms with van der Waals surface area (Å²) < 4.78 is 0. The highest BCUT2D eigenvalue weighted by Gasteiger charge is 2.33. The second-order valence-corrected chi connectivity index (χ2v) is 7.86. The molecule has 144 valence electrons. The van der Waals surface area contributed by atoms with Crippen molar-refractivity contribution in [2.75, 3.05) is 59.5 Å². The Bertz CT molecular complexity index is 592. The highest BCUT2D eigenvalue weighted by atomic mass is 16.4. The van der Waals surface area contributed by atoms with E-state index in [2.05, 4.69) is 21.7 Å². The van der Waals surface area contributed by atoms with Gasteiger partial charge in [-0.15, -0.1) is 0 Å². The summed E-state index contributed by atoms with van der Waals surface area (Å²) >= 11 is 0. The first-order valence-corrected chi connectivity index (χ1v) is 9.61. The van der Waals surface area contributed by atoms with Crippen LogP contribution in [0, 0.1) is 11.8 Å². The van der Waals surface area contributed by atoms with Crippen LogP contribution in [0.3, 0.4) is 0 Å². The molecular weight excluding hydrogens is 330 g/mol. The number of carbonyl (C=O) groups is 1. The highest BCUT2D eigenvalue weighted by molar-refractivity contribution is 5.87. The van der Waals surface area contributed by atoms with Crippen molar-refractivity contribution in [1.29, 1.82) is 0 Å². The normalized spacial score (nSPS) is 26.1. The summed E-state index contributed by atoms with van der Waals surface area (Å²) in [5, 5.41) is 18.8. The van der Waals surface area contributed by atoms with Crippen LogP contribution in [0.15, 0.2) is 24.3 Å². The third-order valence-corrected chi connectivity index (χ3v) is 5.80. The number of hydrogen-bond acceptors (Lipinski definition) is 5. The van der Waals surface area contributed by atoms with Crippen molar-refractivity contribution < 1.29 is 15.0 Å². The van der Waals surface area contributed by atoms with Gasteiger partial charge in [-0.3, -0.25) is 4.90 Å². The van der Waals surface area contributed by atoms with Crippen LogP contribution in [-0.4, -0.2) is 90.3 Å². The smallest absolute Gasteiger partial charge is 0.335 e. The summed E-state index contributed by atoms with van der Waals surface area (Å²) in [7, 11) is 2.19. The zero-order valence-electron chi connectivity index (χ0n) is 15.7. The van der Waals surface area contributed by atoms with Crippen LogP contribution in [0.25, 0.3) is 0 Å². The van der Waals surface area contributed by atoms with Gasteiger partial charge in [-0.1, -0.05) is 12.1 Å². The molecule has 0 unspecified atom stereocenters. The number of aromatic carboxylic acids is 1. The molecular formula is C20H31N3O3. The number of rotatable bonds is 6. The lowest BCUT2D eigenvalue weighted by Crippen LogP contribution is -2.36. The van der Waals surface area contributed by atoms with Crippen LogP contribution < -0.4 is 0 Å². The summed E-state index contributed by atoms with van der Waals surface area (Å²) in [5.74, 6) is -0.0581. The maximum absolute atomic E-state index is 11.0. The zero-order chi connectivity index (χ0) is 18.5. The molecule has 0 saturated carbocycles. The van der Waals surface area contributed by atoms with Gasteiger partial charge in [-0.05, 0) is 56.1 Å². The maximum atomic E-state index is 11.0. The molecule has 0 spiro atoms. The molecule has 26 heavy (non-hydrogen) atoms. The van der Waals surface area contributed by atoms with Gasteiger partial charge in [0.1, 0.15) is 0 Å². The van der Waals surface area contributed by atoms with Gasteiger partial charge in [0.05, 0.1) is 5.56 Å². The lowest BCUT2D eigenvalue weighted by molar-refractivity contribution is 0.0697. The van der Waals surface area contributed by atoms with E-state index in [0.29, 0.717) is 17.4 Å². The average molecular weight is 361 g/mol. The van der Waals surface area contributed by atoms with Crippen molar-refractivity contribution in [3.05, 3.63) is 35.4 Å². The van der Waals surface area contributed by atoms with E-state index in [1.165, 1.54) is 13.0 Å². The van der Waals surface area contributed by atoms with Crippen LogP contribution in [0.2, 0.25) is 0 Å². The second kappa shape index (κ2) is 8.95. The molecule has 3 rings (SSSR count). The molecule has 2 N–H and O–H groups in total. The van der Waals surface area contributed by atoms with Crippen molar-refractivity contribution >= 4 is 5.97 Å². The number of aliphatic hydroxyl groups is 1. The number of likely N-dealkylation sites (tertiary alicyclic amines) is 1. The van der Waals surface area contributed by atoms with E-state index < -0.39 is 5.97 Å². The first kappa shape index (κ1) is 19.3. The molecule has 2 heterocycles. The van der Waals surface area contributed by atoms with E-state index >= 15 is 0 Å². The molecule has 0 bridgehead atoms. The third-order valence-electron chi connectivity index (χ3n) is 5.80. The van der Waals surface area contributed by atoms with Crippen molar-refractivity contribution in [2.45, 2.75) is 13.0 Å². The van der Waals surface area contributed by atoms with Crippen LogP contribution in [-0.2, 0) is 6.54 Å². The molecule has 2 aliphatic rings. The van der Waals surface area contributed by atoms with Crippen molar-refractivity contribution in [1.82, 2.24) is 14.7 Å². The zero-order valence-corrected chi connectivity index (χ0v) is 15.7. The Morgan fingerprint density at radius 1 is 1.04 bits per heavy atom. The maximum Gasteiger partial charge on any atom is 0.335 e. The molecule has 0 amide bonds.